The lowest BCUT2D eigenvalue weighted by atomic mass is 9.98. The van der Waals surface area contributed by atoms with Crippen LogP contribution in [-0.2, 0) is 16.1 Å². The number of amides is 1. The minimum atomic E-state index is -0.946. The number of likely N-dealkylation sites (tertiary alicyclic amines) is 1. The molecule has 1 N–H and O–H groups in total. The van der Waals surface area contributed by atoms with E-state index in [0.717, 1.165) is 0 Å². The van der Waals surface area contributed by atoms with Crippen molar-refractivity contribution < 1.29 is 28.6 Å². The van der Waals surface area contributed by atoms with Gasteiger partial charge in [0.2, 0.25) is 0 Å². The molecule has 164 valence electrons. The number of carbonyl (C=O) groups is 2. The van der Waals surface area contributed by atoms with Crippen molar-refractivity contribution >= 4 is 29.1 Å². The number of hydrogen-bond donors (Lipinski definition) is 1. The lowest BCUT2D eigenvalue weighted by molar-refractivity contribution is -0.140. The smallest absolute Gasteiger partial charge is 0.296 e. The summed E-state index contributed by atoms with van der Waals surface area (Å²) >= 11 is 6.11. The Balaban J connectivity index is 1.88. The standard InChI is InChI=1S/C24H20ClNO6/c1-30-17-7-4-3-6-14(17)13-26-21(19-8-5-11-32-19)20(23(28)24(26)29)22(27)16-12-15(25)9-10-18(16)31-2/h3-12,21,27H,13H2,1-2H3/b22-20-. The highest BCUT2D eigenvalue weighted by atomic mass is 35.5. The summed E-state index contributed by atoms with van der Waals surface area (Å²) in [6.07, 6.45) is 1.44. The number of ketones is 1. The molecule has 1 fully saturated rings. The summed E-state index contributed by atoms with van der Waals surface area (Å²) in [4.78, 5) is 27.5. The van der Waals surface area contributed by atoms with Crippen molar-refractivity contribution in [1.82, 2.24) is 4.90 Å². The molecule has 1 saturated heterocycles. The molecule has 1 aliphatic rings. The zero-order chi connectivity index (χ0) is 22.8. The van der Waals surface area contributed by atoms with Gasteiger partial charge in [0.15, 0.2) is 0 Å². The van der Waals surface area contributed by atoms with Gasteiger partial charge >= 0.3 is 0 Å². The molecule has 2 aromatic carbocycles. The fourth-order valence-electron chi connectivity index (χ4n) is 3.81. The third-order valence-electron chi connectivity index (χ3n) is 5.30. The number of aliphatic hydroxyl groups excluding tert-OH is 1. The maximum atomic E-state index is 13.1. The van der Waals surface area contributed by atoms with E-state index in [2.05, 4.69) is 0 Å². The number of ether oxygens (including phenoxy) is 2. The molecule has 0 radical (unpaired) electrons. The number of rotatable bonds is 6. The predicted molar refractivity (Wildman–Crippen MR) is 118 cm³/mol. The molecule has 1 atom stereocenters. The van der Waals surface area contributed by atoms with Crippen LogP contribution in [0.2, 0.25) is 5.02 Å². The van der Waals surface area contributed by atoms with Crippen LogP contribution in [0, 0.1) is 0 Å². The molecule has 1 aromatic heterocycles. The molecule has 0 aliphatic carbocycles. The van der Waals surface area contributed by atoms with E-state index in [-0.39, 0.29) is 17.7 Å². The predicted octanol–water partition coefficient (Wildman–Crippen LogP) is 4.57. The molecular weight excluding hydrogens is 434 g/mol. The normalized spacial score (nSPS) is 17.6. The Morgan fingerprint density at radius 1 is 1.06 bits per heavy atom. The van der Waals surface area contributed by atoms with Gasteiger partial charge in [0.1, 0.15) is 29.1 Å². The molecule has 8 heteroatoms. The summed E-state index contributed by atoms with van der Waals surface area (Å²) in [6.45, 7) is 0.0728. The van der Waals surface area contributed by atoms with Crippen molar-refractivity contribution in [3.05, 3.63) is 88.3 Å². The molecule has 0 bridgehead atoms. The van der Waals surface area contributed by atoms with Crippen LogP contribution in [0.1, 0.15) is 22.9 Å². The minimum absolute atomic E-state index is 0.0728. The number of methoxy groups -OCH3 is 2. The number of para-hydroxylation sites is 1. The summed E-state index contributed by atoms with van der Waals surface area (Å²) in [5, 5.41) is 11.5. The zero-order valence-corrected chi connectivity index (χ0v) is 18.1. The summed E-state index contributed by atoms with van der Waals surface area (Å²) in [6, 6.07) is 14.2. The van der Waals surface area contributed by atoms with E-state index in [4.69, 9.17) is 25.5 Å². The summed E-state index contributed by atoms with van der Waals surface area (Å²) in [7, 11) is 2.96. The van der Waals surface area contributed by atoms with Crippen molar-refractivity contribution in [1.29, 1.82) is 0 Å². The third-order valence-corrected chi connectivity index (χ3v) is 5.54. The van der Waals surface area contributed by atoms with Crippen LogP contribution in [0.3, 0.4) is 0 Å². The van der Waals surface area contributed by atoms with Crippen LogP contribution in [-0.4, -0.2) is 35.9 Å². The van der Waals surface area contributed by atoms with Gasteiger partial charge in [-0.25, -0.2) is 0 Å². The number of hydrogen-bond acceptors (Lipinski definition) is 6. The van der Waals surface area contributed by atoms with Gasteiger partial charge in [-0.1, -0.05) is 29.8 Å². The Kier molecular flexibility index (Phi) is 5.92. The highest BCUT2D eigenvalue weighted by molar-refractivity contribution is 6.46. The van der Waals surface area contributed by atoms with Crippen molar-refractivity contribution in [3.63, 3.8) is 0 Å². The molecular formula is C24H20ClNO6. The fraction of sp³-hybridized carbons (Fsp3) is 0.167. The quantitative estimate of drug-likeness (QED) is 0.334. The highest BCUT2D eigenvalue weighted by Crippen LogP contribution is 2.42. The molecule has 3 aromatic rings. The Morgan fingerprint density at radius 3 is 2.50 bits per heavy atom. The first-order chi connectivity index (χ1) is 15.5. The number of furan rings is 1. The molecule has 2 heterocycles. The topological polar surface area (TPSA) is 89.2 Å². The van der Waals surface area contributed by atoms with Gasteiger partial charge in [-0.15, -0.1) is 0 Å². The summed E-state index contributed by atoms with van der Waals surface area (Å²) < 4.78 is 16.3. The van der Waals surface area contributed by atoms with E-state index in [9.17, 15) is 14.7 Å². The lowest BCUT2D eigenvalue weighted by Gasteiger charge is -2.24. The Labute approximate surface area is 189 Å². The maximum Gasteiger partial charge on any atom is 0.296 e. The summed E-state index contributed by atoms with van der Waals surface area (Å²) in [5.74, 6) is -0.779. The Bertz CT molecular complexity index is 1200. The van der Waals surface area contributed by atoms with Gasteiger partial charge in [0.05, 0.1) is 38.2 Å². The second kappa shape index (κ2) is 8.80. The molecule has 0 saturated carbocycles. The number of halogens is 1. The third kappa shape index (κ3) is 3.71. The van der Waals surface area contributed by atoms with E-state index < -0.39 is 23.5 Å². The van der Waals surface area contributed by atoms with Gasteiger partial charge < -0.3 is 23.9 Å². The first-order valence-electron chi connectivity index (χ1n) is 9.74. The van der Waals surface area contributed by atoms with Gasteiger partial charge in [0, 0.05) is 10.6 Å². The number of nitrogens with zero attached hydrogens (tertiary/aromatic N) is 1. The Hall–Kier alpha value is -3.71. The molecule has 0 spiro atoms. The zero-order valence-electron chi connectivity index (χ0n) is 17.4. The summed E-state index contributed by atoms with van der Waals surface area (Å²) in [5.41, 5.74) is 0.793. The average Bonchev–Trinajstić information content (AvgIpc) is 3.42. The molecule has 4 rings (SSSR count). The first-order valence-corrected chi connectivity index (χ1v) is 10.1. The second-order valence-electron chi connectivity index (χ2n) is 7.10. The largest absolute Gasteiger partial charge is 0.507 e. The SMILES string of the molecule is COc1ccccc1CN1C(=O)C(=O)/C(=C(\O)c2cc(Cl)ccc2OC)C1c1ccco1. The number of carbonyl (C=O) groups excluding carboxylic acids is 2. The van der Waals surface area contributed by atoms with Crippen LogP contribution in [0.4, 0.5) is 0 Å². The number of Topliss-reactive ketones (excluding diaryl/α,β-unsaturated/α-hetero) is 1. The molecule has 7 nitrogen and oxygen atoms in total. The van der Waals surface area contributed by atoms with Crippen molar-refractivity contribution in [2.75, 3.05) is 14.2 Å². The minimum Gasteiger partial charge on any atom is -0.507 e. The molecule has 32 heavy (non-hydrogen) atoms. The van der Waals surface area contributed by atoms with Gasteiger partial charge in [-0.3, -0.25) is 9.59 Å². The Morgan fingerprint density at radius 2 is 1.81 bits per heavy atom. The molecule has 1 aliphatic heterocycles. The number of benzene rings is 2. The molecule has 1 unspecified atom stereocenters. The number of aliphatic hydroxyl groups is 1. The van der Waals surface area contributed by atoms with Crippen LogP contribution >= 0.6 is 11.6 Å². The highest BCUT2D eigenvalue weighted by Gasteiger charge is 2.47. The maximum absolute atomic E-state index is 13.1. The van der Waals surface area contributed by atoms with Crippen molar-refractivity contribution in [2.24, 2.45) is 0 Å². The van der Waals surface area contributed by atoms with E-state index >= 15 is 0 Å². The fourth-order valence-corrected chi connectivity index (χ4v) is 3.99. The van der Waals surface area contributed by atoms with Crippen LogP contribution in [0.15, 0.2) is 70.9 Å². The lowest BCUT2D eigenvalue weighted by Crippen LogP contribution is -2.29. The van der Waals surface area contributed by atoms with Crippen LogP contribution < -0.4 is 9.47 Å². The van der Waals surface area contributed by atoms with Gasteiger partial charge in [-0.05, 0) is 36.4 Å². The van der Waals surface area contributed by atoms with E-state index in [1.165, 1.54) is 31.4 Å². The van der Waals surface area contributed by atoms with E-state index in [1.807, 2.05) is 12.1 Å². The van der Waals surface area contributed by atoms with Crippen molar-refractivity contribution in [2.45, 2.75) is 12.6 Å². The van der Waals surface area contributed by atoms with Crippen LogP contribution in [0.25, 0.3) is 5.76 Å². The van der Waals surface area contributed by atoms with E-state index in [0.29, 0.717) is 27.8 Å². The van der Waals surface area contributed by atoms with Gasteiger partial charge in [-0.2, -0.15) is 0 Å². The monoisotopic (exact) mass is 453 g/mol. The van der Waals surface area contributed by atoms with E-state index in [1.54, 1.807) is 36.4 Å². The van der Waals surface area contributed by atoms with Crippen molar-refractivity contribution in [3.8, 4) is 11.5 Å². The van der Waals surface area contributed by atoms with Gasteiger partial charge in [0.25, 0.3) is 11.7 Å². The van der Waals surface area contributed by atoms with Crippen LogP contribution in [0.5, 0.6) is 11.5 Å². The average molecular weight is 454 g/mol. The first kappa shape index (κ1) is 21.5. The second-order valence-corrected chi connectivity index (χ2v) is 7.54. The molecule has 1 amide bonds.